The van der Waals surface area contributed by atoms with Gasteiger partial charge in [0.1, 0.15) is 17.5 Å². The predicted octanol–water partition coefficient (Wildman–Crippen LogP) is 3.03. The molecule has 21 heavy (non-hydrogen) atoms. The molecule has 116 valence electrons. The Morgan fingerprint density at radius 2 is 1.90 bits per heavy atom. The Morgan fingerprint density at radius 3 is 2.57 bits per heavy atom. The van der Waals surface area contributed by atoms with Gasteiger partial charge in [0.25, 0.3) is 0 Å². The monoisotopic (exact) mass is 307 g/mol. The number of aromatic nitrogens is 2. The van der Waals surface area contributed by atoms with Crippen LogP contribution in [0, 0.1) is 6.92 Å². The third-order valence-electron chi connectivity index (χ3n) is 4.54. The van der Waals surface area contributed by atoms with E-state index in [9.17, 15) is 0 Å². The van der Waals surface area contributed by atoms with E-state index in [0.29, 0.717) is 12.0 Å². The first-order chi connectivity index (χ1) is 10.2. The first kappa shape index (κ1) is 14.9. The highest BCUT2D eigenvalue weighted by Gasteiger charge is 2.29. The molecule has 1 aromatic rings. The first-order valence-electron chi connectivity index (χ1n) is 7.85. The normalized spacial score (nSPS) is 25.7. The fraction of sp³-hybridized carbons (Fsp3) is 0.733. The highest BCUT2D eigenvalue weighted by Crippen LogP contribution is 2.40. The summed E-state index contributed by atoms with van der Waals surface area (Å²) < 4.78 is 0. The van der Waals surface area contributed by atoms with Gasteiger partial charge in [-0.25, -0.2) is 15.8 Å². The Kier molecular flexibility index (Phi) is 4.54. The average Bonchev–Trinajstić information content (AvgIpc) is 3.34. The van der Waals surface area contributed by atoms with Crippen molar-refractivity contribution < 1.29 is 0 Å². The molecule has 2 atom stereocenters. The molecule has 0 amide bonds. The zero-order valence-corrected chi connectivity index (χ0v) is 13.7. The molecule has 0 saturated heterocycles. The standard InChI is InChI=1S/C15H25N5S/c1-9-13(17-11-4-3-5-12(8-11)21-2)18-15(10-6-7-10)19-14(9)20-16/h10-12H,3-8,16H2,1-2H3,(H2,17,18,19,20). The maximum Gasteiger partial charge on any atom is 0.148 e. The molecule has 1 aromatic heterocycles. The minimum atomic E-state index is 0.516. The second-order valence-corrected chi connectivity index (χ2v) is 7.33. The third kappa shape index (κ3) is 3.43. The topological polar surface area (TPSA) is 75.9 Å². The molecule has 2 saturated carbocycles. The van der Waals surface area contributed by atoms with Gasteiger partial charge < -0.3 is 10.7 Å². The van der Waals surface area contributed by atoms with Crippen molar-refractivity contribution in [2.75, 3.05) is 17.0 Å². The summed E-state index contributed by atoms with van der Waals surface area (Å²) in [4.78, 5) is 9.31. The molecular formula is C15H25N5S. The molecule has 0 aromatic carbocycles. The lowest BCUT2D eigenvalue weighted by Gasteiger charge is -2.29. The minimum absolute atomic E-state index is 0.516. The van der Waals surface area contributed by atoms with Gasteiger partial charge in [0.15, 0.2) is 0 Å². The molecule has 2 aliphatic rings. The zero-order valence-electron chi connectivity index (χ0n) is 12.9. The summed E-state index contributed by atoms with van der Waals surface area (Å²) in [5.74, 6) is 8.80. The quantitative estimate of drug-likeness (QED) is 0.573. The van der Waals surface area contributed by atoms with Crippen molar-refractivity contribution in [3.8, 4) is 0 Å². The van der Waals surface area contributed by atoms with Gasteiger partial charge in [0.2, 0.25) is 0 Å². The number of nitrogen functional groups attached to an aromatic ring is 1. The van der Waals surface area contributed by atoms with E-state index in [2.05, 4.69) is 22.0 Å². The average molecular weight is 307 g/mol. The summed E-state index contributed by atoms with van der Waals surface area (Å²) >= 11 is 1.98. The highest BCUT2D eigenvalue weighted by molar-refractivity contribution is 7.99. The number of hydrogen-bond acceptors (Lipinski definition) is 6. The zero-order chi connectivity index (χ0) is 14.8. The van der Waals surface area contributed by atoms with E-state index in [1.54, 1.807) is 0 Å². The van der Waals surface area contributed by atoms with Gasteiger partial charge in [-0.15, -0.1) is 0 Å². The van der Waals surface area contributed by atoms with E-state index in [-0.39, 0.29) is 0 Å². The summed E-state index contributed by atoms with van der Waals surface area (Å²) in [6.07, 6.45) is 9.69. The summed E-state index contributed by atoms with van der Waals surface area (Å²) in [7, 11) is 0. The molecule has 2 unspecified atom stereocenters. The maximum absolute atomic E-state index is 5.61. The van der Waals surface area contributed by atoms with Crippen LogP contribution in [0.2, 0.25) is 0 Å². The Balaban J connectivity index is 1.78. The van der Waals surface area contributed by atoms with Crippen LogP contribution in [0.15, 0.2) is 0 Å². The lowest BCUT2D eigenvalue weighted by molar-refractivity contribution is 0.472. The molecule has 0 radical (unpaired) electrons. The van der Waals surface area contributed by atoms with Crippen LogP contribution in [-0.4, -0.2) is 27.5 Å². The molecule has 0 spiro atoms. The molecule has 2 fully saturated rings. The third-order valence-corrected chi connectivity index (χ3v) is 5.64. The van der Waals surface area contributed by atoms with Gasteiger partial charge >= 0.3 is 0 Å². The molecule has 6 heteroatoms. The van der Waals surface area contributed by atoms with Gasteiger partial charge in [-0.05, 0) is 45.3 Å². The van der Waals surface area contributed by atoms with Crippen LogP contribution in [0.3, 0.4) is 0 Å². The molecule has 0 bridgehead atoms. The fourth-order valence-corrected chi connectivity index (χ4v) is 3.85. The molecule has 2 aliphatic carbocycles. The van der Waals surface area contributed by atoms with Gasteiger partial charge in [-0.2, -0.15) is 11.8 Å². The molecular weight excluding hydrogens is 282 g/mol. The van der Waals surface area contributed by atoms with Crippen LogP contribution in [0.4, 0.5) is 11.6 Å². The van der Waals surface area contributed by atoms with Crippen molar-refractivity contribution in [2.45, 2.75) is 62.7 Å². The molecule has 1 heterocycles. The first-order valence-corrected chi connectivity index (χ1v) is 9.14. The fourth-order valence-electron chi connectivity index (χ4n) is 3.02. The Morgan fingerprint density at radius 1 is 1.14 bits per heavy atom. The summed E-state index contributed by atoms with van der Waals surface area (Å²) in [6.45, 7) is 2.03. The smallest absolute Gasteiger partial charge is 0.148 e. The van der Waals surface area contributed by atoms with Crippen molar-refractivity contribution in [3.63, 3.8) is 0 Å². The molecule has 3 rings (SSSR count). The number of rotatable bonds is 5. The minimum Gasteiger partial charge on any atom is -0.367 e. The van der Waals surface area contributed by atoms with E-state index < -0.39 is 0 Å². The Bertz CT molecular complexity index is 503. The lowest BCUT2D eigenvalue weighted by Crippen LogP contribution is -2.29. The Hall–Kier alpha value is -1.01. The molecule has 4 N–H and O–H groups in total. The van der Waals surface area contributed by atoms with Crippen LogP contribution in [0.5, 0.6) is 0 Å². The molecule has 5 nitrogen and oxygen atoms in total. The van der Waals surface area contributed by atoms with Crippen molar-refractivity contribution in [2.24, 2.45) is 5.84 Å². The number of thioether (sulfide) groups is 1. The summed E-state index contributed by atoms with van der Waals surface area (Å²) in [5, 5.41) is 4.42. The lowest BCUT2D eigenvalue weighted by atomic mass is 9.95. The molecule has 0 aliphatic heterocycles. The SMILES string of the molecule is CSC1CCCC(Nc2nc(C3CC3)nc(NN)c2C)C1. The van der Waals surface area contributed by atoms with Crippen molar-refractivity contribution in [1.29, 1.82) is 0 Å². The van der Waals surface area contributed by atoms with Crippen molar-refractivity contribution in [3.05, 3.63) is 11.4 Å². The number of hydrogen-bond donors (Lipinski definition) is 3. The van der Waals surface area contributed by atoms with E-state index in [1.165, 1.54) is 38.5 Å². The number of nitrogens with two attached hydrogens (primary N) is 1. The van der Waals surface area contributed by atoms with E-state index >= 15 is 0 Å². The predicted molar refractivity (Wildman–Crippen MR) is 89.7 cm³/mol. The summed E-state index contributed by atoms with van der Waals surface area (Å²) in [6, 6.07) is 0.516. The Labute approximate surface area is 130 Å². The second kappa shape index (κ2) is 6.40. The number of hydrazine groups is 1. The van der Waals surface area contributed by atoms with Gasteiger partial charge in [-0.1, -0.05) is 6.42 Å². The van der Waals surface area contributed by atoms with E-state index in [4.69, 9.17) is 10.8 Å². The number of anilines is 2. The number of nitrogens with one attached hydrogen (secondary N) is 2. The van der Waals surface area contributed by atoms with E-state index in [0.717, 1.165) is 28.3 Å². The number of nitrogens with zero attached hydrogens (tertiary/aromatic N) is 2. The van der Waals surface area contributed by atoms with Gasteiger partial charge in [0.05, 0.1) is 0 Å². The van der Waals surface area contributed by atoms with Crippen LogP contribution < -0.4 is 16.6 Å². The second-order valence-electron chi connectivity index (χ2n) is 6.19. The van der Waals surface area contributed by atoms with Crippen LogP contribution in [-0.2, 0) is 0 Å². The van der Waals surface area contributed by atoms with Gasteiger partial charge in [0, 0.05) is 22.8 Å². The van der Waals surface area contributed by atoms with E-state index in [1.807, 2.05) is 18.7 Å². The van der Waals surface area contributed by atoms with Crippen molar-refractivity contribution >= 4 is 23.4 Å². The van der Waals surface area contributed by atoms with Crippen LogP contribution in [0.25, 0.3) is 0 Å². The maximum atomic E-state index is 5.61. The van der Waals surface area contributed by atoms with Crippen LogP contribution in [0.1, 0.15) is 55.8 Å². The van der Waals surface area contributed by atoms with Crippen molar-refractivity contribution in [1.82, 2.24) is 9.97 Å². The van der Waals surface area contributed by atoms with Gasteiger partial charge in [-0.3, -0.25) is 0 Å². The highest BCUT2D eigenvalue weighted by atomic mass is 32.2. The van der Waals surface area contributed by atoms with Crippen LogP contribution >= 0.6 is 11.8 Å². The summed E-state index contributed by atoms with van der Waals surface area (Å²) in [5.41, 5.74) is 3.74. The largest absolute Gasteiger partial charge is 0.367 e.